The van der Waals surface area contributed by atoms with Gasteiger partial charge in [-0.1, -0.05) is 17.7 Å². The van der Waals surface area contributed by atoms with Crippen LogP contribution in [-0.2, 0) is 11.3 Å². The second-order valence-electron chi connectivity index (χ2n) is 4.22. The van der Waals surface area contributed by atoms with Crippen LogP contribution in [0.4, 0.5) is 0 Å². The molecule has 1 aromatic carbocycles. The van der Waals surface area contributed by atoms with Crippen molar-refractivity contribution in [3.63, 3.8) is 0 Å². The number of thioether (sulfide) groups is 1. The Balaban J connectivity index is 1.65. The van der Waals surface area contributed by atoms with Gasteiger partial charge in [-0.15, -0.1) is 11.8 Å². The van der Waals surface area contributed by atoms with E-state index in [0.717, 1.165) is 11.6 Å². The molecule has 0 aliphatic carbocycles. The van der Waals surface area contributed by atoms with Crippen molar-refractivity contribution in [2.45, 2.75) is 24.8 Å². The highest BCUT2D eigenvalue weighted by molar-refractivity contribution is 7.99. The van der Waals surface area contributed by atoms with E-state index in [1.807, 2.05) is 0 Å². The average Bonchev–Trinajstić information content (AvgIpc) is 2.92. The number of nitrogens with one attached hydrogen (secondary N) is 2. The van der Waals surface area contributed by atoms with Crippen molar-refractivity contribution in [2.75, 3.05) is 5.75 Å². The fourth-order valence-corrected chi connectivity index (χ4v) is 2.41. The monoisotopic (exact) mass is 275 g/mol. The quantitative estimate of drug-likeness (QED) is 0.796. The smallest absolute Gasteiger partial charge is 0.221 e. The van der Waals surface area contributed by atoms with Gasteiger partial charge in [-0.25, -0.2) is 4.98 Å². The third-order valence-electron chi connectivity index (χ3n) is 2.63. The summed E-state index contributed by atoms with van der Waals surface area (Å²) in [5.74, 6) is 1.61. The zero-order chi connectivity index (χ0) is 13.5. The molecular weight excluding hydrogens is 258 g/mol. The summed E-state index contributed by atoms with van der Waals surface area (Å²) in [5, 5.41) is 2.83. The van der Waals surface area contributed by atoms with Crippen LogP contribution in [0.3, 0.4) is 0 Å². The van der Waals surface area contributed by atoms with Gasteiger partial charge in [-0.05, 0) is 19.1 Å². The first-order valence-electron chi connectivity index (χ1n) is 6.18. The molecule has 0 bridgehead atoms. The van der Waals surface area contributed by atoms with Gasteiger partial charge in [0.1, 0.15) is 5.82 Å². The van der Waals surface area contributed by atoms with Crippen molar-refractivity contribution in [1.29, 1.82) is 0 Å². The van der Waals surface area contributed by atoms with E-state index in [-0.39, 0.29) is 5.91 Å². The summed E-state index contributed by atoms with van der Waals surface area (Å²) >= 11 is 1.70. The van der Waals surface area contributed by atoms with Gasteiger partial charge in [0.2, 0.25) is 5.91 Å². The number of hydrogen-bond donors (Lipinski definition) is 2. The number of amides is 1. The zero-order valence-electron chi connectivity index (χ0n) is 10.8. The molecule has 0 unspecified atom stereocenters. The Kier molecular flexibility index (Phi) is 5.03. The molecule has 0 saturated heterocycles. The highest BCUT2D eigenvalue weighted by Crippen LogP contribution is 2.18. The Morgan fingerprint density at radius 2 is 2.16 bits per heavy atom. The van der Waals surface area contributed by atoms with Crippen LogP contribution in [0, 0.1) is 6.92 Å². The van der Waals surface area contributed by atoms with Gasteiger partial charge in [-0.3, -0.25) is 4.79 Å². The molecule has 2 N–H and O–H groups in total. The minimum Gasteiger partial charge on any atom is -0.349 e. The first-order chi connectivity index (χ1) is 9.24. The molecule has 5 heteroatoms. The number of aryl methyl sites for hydroxylation is 1. The van der Waals surface area contributed by atoms with Gasteiger partial charge in [0.05, 0.1) is 6.54 Å². The maximum Gasteiger partial charge on any atom is 0.221 e. The molecule has 4 nitrogen and oxygen atoms in total. The van der Waals surface area contributed by atoms with Crippen LogP contribution in [-0.4, -0.2) is 21.6 Å². The summed E-state index contributed by atoms with van der Waals surface area (Å²) in [7, 11) is 0. The number of imidazole rings is 1. The molecule has 0 saturated carbocycles. The van der Waals surface area contributed by atoms with E-state index in [1.54, 1.807) is 24.2 Å². The third-order valence-corrected chi connectivity index (χ3v) is 3.64. The Morgan fingerprint density at radius 1 is 1.37 bits per heavy atom. The van der Waals surface area contributed by atoms with E-state index in [2.05, 4.69) is 46.5 Å². The van der Waals surface area contributed by atoms with Crippen LogP contribution in [0.25, 0.3) is 0 Å². The van der Waals surface area contributed by atoms with Crippen molar-refractivity contribution >= 4 is 17.7 Å². The summed E-state index contributed by atoms with van der Waals surface area (Å²) in [6.45, 7) is 2.53. The first-order valence-corrected chi connectivity index (χ1v) is 7.17. The molecule has 1 amide bonds. The fourth-order valence-electron chi connectivity index (χ4n) is 1.56. The largest absolute Gasteiger partial charge is 0.349 e. The van der Waals surface area contributed by atoms with Crippen molar-refractivity contribution < 1.29 is 4.79 Å². The minimum absolute atomic E-state index is 0.0519. The van der Waals surface area contributed by atoms with Gasteiger partial charge >= 0.3 is 0 Å². The van der Waals surface area contributed by atoms with Gasteiger partial charge in [-0.2, -0.15) is 0 Å². The van der Waals surface area contributed by atoms with Crippen LogP contribution in [0.1, 0.15) is 17.8 Å². The van der Waals surface area contributed by atoms with E-state index in [9.17, 15) is 4.79 Å². The molecule has 0 spiro atoms. The van der Waals surface area contributed by atoms with Crippen LogP contribution < -0.4 is 5.32 Å². The standard InChI is InChI=1S/C14H17N3OS/c1-11-2-4-12(5-3-11)19-9-6-14(18)17-10-13-15-7-8-16-13/h2-5,7-8H,6,9-10H2,1H3,(H,15,16)(H,17,18). The van der Waals surface area contributed by atoms with E-state index in [1.165, 1.54) is 10.5 Å². The Labute approximate surface area is 117 Å². The predicted octanol–water partition coefficient (Wildman–Crippen LogP) is 2.52. The van der Waals surface area contributed by atoms with Crippen molar-refractivity contribution in [2.24, 2.45) is 0 Å². The van der Waals surface area contributed by atoms with Crippen molar-refractivity contribution in [3.8, 4) is 0 Å². The number of nitrogens with zero attached hydrogens (tertiary/aromatic N) is 1. The minimum atomic E-state index is 0.0519. The predicted molar refractivity (Wildman–Crippen MR) is 77.0 cm³/mol. The molecule has 100 valence electrons. The molecule has 2 aromatic rings. The lowest BCUT2D eigenvalue weighted by Crippen LogP contribution is -2.23. The maximum atomic E-state index is 11.6. The zero-order valence-corrected chi connectivity index (χ0v) is 11.7. The van der Waals surface area contributed by atoms with Crippen LogP contribution in [0.5, 0.6) is 0 Å². The van der Waals surface area contributed by atoms with E-state index < -0.39 is 0 Å². The highest BCUT2D eigenvalue weighted by Gasteiger charge is 2.03. The highest BCUT2D eigenvalue weighted by atomic mass is 32.2. The summed E-state index contributed by atoms with van der Waals surface area (Å²) in [6, 6.07) is 8.33. The van der Waals surface area contributed by atoms with E-state index >= 15 is 0 Å². The van der Waals surface area contributed by atoms with Crippen LogP contribution >= 0.6 is 11.8 Å². The number of aromatic amines is 1. The van der Waals surface area contributed by atoms with E-state index in [4.69, 9.17) is 0 Å². The number of rotatable bonds is 6. The number of H-pyrrole nitrogens is 1. The molecule has 0 atom stereocenters. The second-order valence-corrected chi connectivity index (χ2v) is 5.39. The summed E-state index contributed by atoms with van der Waals surface area (Å²) in [5.41, 5.74) is 1.25. The molecule has 0 aliphatic heterocycles. The van der Waals surface area contributed by atoms with Crippen LogP contribution in [0.2, 0.25) is 0 Å². The van der Waals surface area contributed by atoms with Crippen molar-refractivity contribution in [1.82, 2.24) is 15.3 Å². The number of benzene rings is 1. The number of carbonyl (C=O) groups excluding carboxylic acids is 1. The van der Waals surface area contributed by atoms with Crippen LogP contribution in [0.15, 0.2) is 41.6 Å². The topological polar surface area (TPSA) is 57.8 Å². The lowest BCUT2D eigenvalue weighted by Gasteiger charge is -2.04. The molecule has 0 aliphatic rings. The fraction of sp³-hybridized carbons (Fsp3) is 0.286. The third kappa shape index (κ3) is 4.79. The lowest BCUT2D eigenvalue weighted by molar-refractivity contribution is -0.120. The molecule has 2 rings (SSSR count). The molecule has 19 heavy (non-hydrogen) atoms. The lowest BCUT2D eigenvalue weighted by atomic mass is 10.2. The molecule has 0 fully saturated rings. The Morgan fingerprint density at radius 3 is 2.84 bits per heavy atom. The molecule has 1 aromatic heterocycles. The van der Waals surface area contributed by atoms with E-state index in [0.29, 0.717) is 13.0 Å². The van der Waals surface area contributed by atoms with Gasteiger partial charge in [0.25, 0.3) is 0 Å². The maximum absolute atomic E-state index is 11.6. The Bertz CT molecular complexity index is 508. The normalized spacial score (nSPS) is 10.4. The summed E-state index contributed by atoms with van der Waals surface area (Å²) in [6.07, 6.45) is 3.93. The number of carbonyl (C=O) groups is 1. The van der Waals surface area contributed by atoms with Crippen molar-refractivity contribution in [3.05, 3.63) is 48.0 Å². The second kappa shape index (κ2) is 6.99. The first kappa shape index (κ1) is 13.7. The molecule has 1 heterocycles. The number of hydrogen-bond acceptors (Lipinski definition) is 3. The van der Waals surface area contributed by atoms with Gasteiger partial charge < -0.3 is 10.3 Å². The molecule has 0 radical (unpaired) electrons. The SMILES string of the molecule is Cc1ccc(SCCC(=O)NCc2ncc[nH]2)cc1. The van der Waals surface area contributed by atoms with Gasteiger partial charge in [0.15, 0.2) is 0 Å². The summed E-state index contributed by atoms with van der Waals surface area (Å²) < 4.78 is 0. The van der Waals surface area contributed by atoms with Gasteiger partial charge in [0, 0.05) is 29.5 Å². The average molecular weight is 275 g/mol. The Hall–Kier alpha value is -1.75. The number of aromatic nitrogens is 2. The summed E-state index contributed by atoms with van der Waals surface area (Å²) in [4.78, 5) is 19.8. The molecular formula is C14H17N3OS.